The van der Waals surface area contributed by atoms with E-state index in [1.807, 2.05) is 36.5 Å². The van der Waals surface area contributed by atoms with Gasteiger partial charge in [0, 0.05) is 22.6 Å². The Kier molecular flexibility index (Phi) is 6.09. The zero-order valence-electron chi connectivity index (χ0n) is 28.1. The summed E-state index contributed by atoms with van der Waals surface area (Å²) >= 11 is 0. The highest BCUT2D eigenvalue weighted by Gasteiger charge is 2.41. The second-order valence-electron chi connectivity index (χ2n) is 15.1. The fraction of sp³-hybridized carbons (Fsp3) is 0.186. The molecule has 0 N–H and O–H groups in total. The number of hydrogen-bond acceptors (Lipinski definition) is 4. The van der Waals surface area contributed by atoms with Crippen LogP contribution >= 0.6 is 0 Å². The number of rotatable bonds is 2. The number of benzene rings is 5. The summed E-state index contributed by atoms with van der Waals surface area (Å²) in [4.78, 5) is 4.62. The number of furan rings is 1. The molecule has 0 saturated carbocycles. The minimum absolute atomic E-state index is 0.0241. The van der Waals surface area contributed by atoms with Crippen LogP contribution in [-0.2, 0) is 10.8 Å². The van der Waals surface area contributed by atoms with Gasteiger partial charge >= 0.3 is 0 Å². The largest absolute Gasteiger partial charge is 0.458 e. The van der Waals surface area contributed by atoms with Crippen LogP contribution in [0, 0.1) is 0 Å². The molecule has 234 valence electrons. The molecule has 0 radical (unpaired) electrons. The Labute approximate surface area is 281 Å². The molecule has 0 amide bonds. The molecule has 2 aromatic heterocycles. The van der Waals surface area contributed by atoms with Gasteiger partial charge in [-0.25, -0.2) is 0 Å². The Morgan fingerprint density at radius 3 is 2.06 bits per heavy atom. The Morgan fingerprint density at radius 2 is 1.33 bits per heavy atom. The average Bonchev–Trinajstić information content (AvgIpc) is 3.47. The standard InChI is InChI=1S/C43H36BNO3/c1-42(2,3)28-14-10-15-29(43(4,5)6)37(28)25-19-20-30-36(24-25)46-34-17-11-18-35-39(34)44(30)31-21-22-33-38(41(31)48-35)27-13-9-12-26(40(27)47-33)32-16-7-8-23-45-32/h7-24H,1-6H3. The fourth-order valence-corrected chi connectivity index (χ4v) is 7.76. The molecule has 7 aromatic rings. The smallest absolute Gasteiger partial charge is 0.260 e. The summed E-state index contributed by atoms with van der Waals surface area (Å²) < 4.78 is 20.1. The molecule has 2 aliphatic rings. The van der Waals surface area contributed by atoms with E-state index in [1.165, 1.54) is 22.3 Å². The SMILES string of the molecule is CC(C)(C)c1cccc(C(C)(C)C)c1-c1ccc2c(c1)Oc1cccc3c1B2c1ccc2oc4c(-c5ccccn5)cccc4c2c1O3. The highest BCUT2D eigenvalue weighted by molar-refractivity contribution is 6.98. The van der Waals surface area contributed by atoms with E-state index in [-0.39, 0.29) is 17.5 Å². The van der Waals surface area contributed by atoms with Crippen molar-refractivity contribution in [1.82, 2.24) is 4.98 Å². The van der Waals surface area contributed by atoms with Gasteiger partial charge in [-0.3, -0.25) is 4.98 Å². The van der Waals surface area contributed by atoms with Crippen LogP contribution in [-0.4, -0.2) is 11.7 Å². The van der Waals surface area contributed by atoms with Crippen molar-refractivity contribution in [2.75, 3.05) is 0 Å². The molecule has 0 saturated heterocycles. The minimum atomic E-state index is -0.0500. The van der Waals surface area contributed by atoms with E-state index >= 15 is 0 Å². The van der Waals surface area contributed by atoms with E-state index in [1.54, 1.807) is 0 Å². The van der Waals surface area contributed by atoms with Gasteiger partial charge < -0.3 is 13.9 Å². The van der Waals surface area contributed by atoms with Crippen LogP contribution in [0.4, 0.5) is 0 Å². The lowest BCUT2D eigenvalue weighted by molar-refractivity contribution is 0.467. The highest BCUT2D eigenvalue weighted by Crippen LogP contribution is 2.45. The Morgan fingerprint density at radius 1 is 0.625 bits per heavy atom. The summed E-state index contributed by atoms with van der Waals surface area (Å²) in [5, 5.41) is 2.00. The van der Waals surface area contributed by atoms with E-state index in [2.05, 4.69) is 119 Å². The van der Waals surface area contributed by atoms with Crippen LogP contribution in [0.1, 0.15) is 52.7 Å². The van der Waals surface area contributed by atoms with Crippen LogP contribution in [0.15, 0.2) is 114 Å². The number of para-hydroxylation sites is 1. The van der Waals surface area contributed by atoms with Crippen molar-refractivity contribution in [2.45, 2.75) is 52.4 Å². The maximum atomic E-state index is 6.81. The third kappa shape index (κ3) is 4.26. The van der Waals surface area contributed by atoms with E-state index in [0.717, 1.165) is 72.6 Å². The molecule has 0 spiro atoms. The number of aromatic nitrogens is 1. The van der Waals surface area contributed by atoms with Gasteiger partial charge in [0.15, 0.2) is 0 Å². The van der Waals surface area contributed by atoms with Crippen molar-refractivity contribution >= 4 is 45.0 Å². The summed E-state index contributed by atoms with van der Waals surface area (Å²) in [5.74, 6) is 3.37. The summed E-state index contributed by atoms with van der Waals surface area (Å²) in [6.07, 6.45) is 1.82. The van der Waals surface area contributed by atoms with Crippen molar-refractivity contribution in [3.05, 3.63) is 120 Å². The van der Waals surface area contributed by atoms with Gasteiger partial charge in [-0.1, -0.05) is 102 Å². The number of pyridine rings is 1. The summed E-state index contributed by atoms with van der Waals surface area (Å²) in [6, 6.07) is 36.2. The molecule has 9 rings (SSSR count). The van der Waals surface area contributed by atoms with Gasteiger partial charge in [0.2, 0.25) is 0 Å². The summed E-state index contributed by atoms with van der Waals surface area (Å²) in [6.45, 7) is 13.7. The third-order valence-corrected chi connectivity index (χ3v) is 9.94. The van der Waals surface area contributed by atoms with E-state index in [9.17, 15) is 0 Å². The Bertz CT molecular complexity index is 2400. The number of fused-ring (bicyclic) bond motifs is 8. The second-order valence-corrected chi connectivity index (χ2v) is 15.1. The topological polar surface area (TPSA) is 44.5 Å². The molecule has 48 heavy (non-hydrogen) atoms. The molecule has 4 heterocycles. The first kappa shape index (κ1) is 28.9. The number of ether oxygens (including phenoxy) is 2. The number of hydrogen-bond donors (Lipinski definition) is 0. The molecule has 0 bridgehead atoms. The van der Waals surface area contributed by atoms with Crippen LogP contribution in [0.5, 0.6) is 23.0 Å². The maximum absolute atomic E-state index is 6.81. The van der Waals surface area contributed by atoms with E-state index in [0.29, 0.717) is 0 Å². The van der Waals surface area contributed by atoms with Gasteiger partial charge in [0.25, 0.3) is 6.71 Å². The van der Waals surface area contributed by atoms with E-state index < -0.39 is 0 Å². The number of nitrogens with zero attached hydrogens (tertiary/aromatic N) is 1. The van der Waals surface area contributed by atoms with Crippen molar-refractivity contribution < 1.29 is 13.9 Å². The molecule has 0 fully saturated rings. The van der Waals surface area contributed by atoms with Crippen LogP contribution in [0.3, 0.4) is 0 Å². The first-order valence-electron chi connectivity index (χ1n) is 16.7. The molecule has 5 heteroatoms. The first-order chi connectivity index (χ1) is 23.1. The first-order valence-corrected chi connectivity index (χ1v) is 16.7. The highest BCUT2D eigenvalue weighted by atomic mass is 16.5. The average molecular weight is 626 g/mol. The zero-order chi connectivity index (χ0) is 32.9. The second kappa shape index (κ2) is 10.1. The predicted molar refractivity (Wildman–Crippen MR) is 197 cm³/mol. The molecular formula is C43H36BNO3. The third-order valence-electron chi connectivity index (χ3n) is 9.94. The van der Waals surface area contributed by atoms with Gasteiger partial charge in [0.1, 0.15) is 34.2 Å². The summed E-state index contributed by atoms with van der Waals surface area (Å²) in [7, 11) is 0. The predicted octanol–water partition coefficient (Wildman–Crippen LogP) is 9.64. The molecule has 5 aromatic carbocycles. The molecule has 4 nitrogen and oxygen atoms in total. The lowest BCUT2D eigenvalue weighted by Gasteiger charge is -2.34. The molecule has 0 aliphatic carbocycles. The molecular weight excluding hydrogens is 589 g/mol. The van der Waals surface area contributed by atoms with Crippen LogP contribution in [0.25, 0.3) is 44.3 Å². The van der Waals surface area contributed by atoms with Gasteiger partial charge in [0.05, 0.1) is 11.1 Å². The maximum Gasteiger partial charge on any atom is 0.260 e. The van der Waals surface area contributed by atoms with Gasteiger partial charge in [-0.05, 0) is 86.5 Å². The Hall–Kier alpha value is -5.29. The zero-order valence-corrected chi connectivity index (χ0v) is 28.1. The summed E-state index contributed by atoms with van der Waals surface area (Å²) in [5.41, 5.74) is 11.9. The quantitative estimate of drug-likeness (QED) is 0.180. The molecule has 0 unspecified atom stereocenters. The van der Waals surface area contributed by atoms with Crippen molar-refractivity contribution in [1.29, 1.82) is 0 Å². The van der Waals surface area contributed by atoms with Crippen LogP contribution < -0.4 is 25.9 Å². The molecule has 0 atom stereocenters. The van der Waals surface area contributed by atoms with Crippen molar-refractivity contribution in [2.24, 2.45) is 0 Å². The monoisotopic (exact) mass is 625 g/mol. The fourth-order valence-electron chi connectivity index (χ4n) is 7.76. The Balaban J connectivity index is 1.26. The van der Waals surface area contributed by atoms with Gasteiger partial charge in [-0.15, -0.1) is 0 Å². The normalized spacial score (nSPS) is 13.5. The lowest BCUT2D eigenvalue weighted by Crippen LogP contribution is -2.57. The van der Waals surface area contributed by atoms with E-state index in [4.69, 9.17) is 13.9 Å². The van der Waals surface area contributed by atoms with Crippen molar-refractivity contribution in [3.63, 3.8) is 0 Å². The lowest BCUT2D eigenvalue weighted by atomic mass is 9.34. The minimum Gasteiger partial charge on any atom is -0.458 e. The van der Waals surface area contributed by atoms with Gasteiger partial charge in [-0.2, -0.15) is 0 Å². The molecule has 2 aliphatic heterocycles. The van der Waals surface area contributed by atoms with Crippen molar-refractivity contribution in [3.8, 4) is 45.4 Å². The van der Waals surface area contributed by atoms with Crippen LogP contribution in [0.2, 0.25) is 0 Å².